The van der Waals surface area contributed by atoms with E-state index in [1.807, 2.05) is 20.8 Å². The number of hydrogen-bond donors (Lipinski definition) is 1. The van der Waals surface area contributed by atoms with Gasteiger partial charge in [-0.25, -0.2) is 4.79 Å². The minimum Gasteiger partial charge on any atom is -0.462 e. The highest BCUT2D eigenvalue weighted by atomic mass is 16.6. The first kappa shape index (κ1) is 17.5. The monoisotopic (exact) mass is 345 g/mol. The zero-order chi connectivity index (χ0) is 18.5. The number of esters is 2. The normalized spacial score (nSPS) is 29.2. The number of hydrogen-bond acceptors (Lipinski definition) is 5. The number of carbonyl (C=O) groups is 3. The van der Waals surface area contributed by atoms with Gasteiger partial charge in [-0.3, -0.25) is 9.59 Å². The van der Waals surface area contributed by atoms with E-state index >= 15 is 0 Å². The van der Waals surface area contributed by atoms with Crippen LogP contribution in [0, 0.1) is 10.8 Å². The van der Waals surface area contributed by atoms with Crippen molar-refractivity contribution < 1.29 is 23.9 Å². The highest BCUT2D eigenvalue weighted by molar-refractivity contribution is 6.03. The first-order chi connectivity index (χ1) is 11.7. The average Bonchev–Trinajstić information content (AvgIpc) is 2.86. The van der Waals surface area contributed by atoms with Gasteiger partial charge in [0.05, 0.1) is 17.6 Å². The van der Waals surface area contributed by atoms with Gasteiger partial charge in [-0.15, -0.1) is 0 Å². The van der Waals surface area contributed by atoms with Crippen LogP contribution in [0.2, 0.25) is 0 Å². The van der Waals surface area contributed by atoms with Gasteiger partial charge >= 0.3 is 11.9 Å². The smallest absolute Gasteiger partial charge is 0.338 e. The Labute approximate surface area is 146 Å². The third kappa shape index (κ3) is 2.27. The van der Waals surface area contributed by atoms with E-state index in [0.717, 1.165) is 0 Å². The molecule has 134 valence electrons. The fourth-order valence-corrected chi connectivity index (χ4v) is 3.92. The minimum atomic E-state index is -1.18. The van der Waals surface area contributed by atoms with E-state index in [1.165, 1.54) is 0 Å². The molecule has 6 heteroatoms. The number of amides is 1. The lowest BCUT2D eigenvalue weighted by Gasteiger charge is -2.35. The van der Waals surface area contributed by atoms with Crippen molar-refractivity contribution in [3.05, 3.63) is 29.8 Å². The third-order valence-corrected chi connectivity index (χ3v) is 6.08. The Bertz CT molecular complexity index is 756. The molecule has 25 heavy (non-hydrogen) atoms. The first-order valence-corrected chi connectivity index (χ1v) is 8.50. The summed E-state index contributed by atoms with van der Waals surface area (Å²) in [6.45, 7) is 7.68. The molecule has 2 bridgehead atoms. The molecule has 1 saturated heterocycles. The maximum absolute atomic E-state index is 13.0. The van der Waals surface area contributed by atoms with Crippen molar-refractivity contribution >= 4 is 23.5 Å². The number of ether oxygens (including phenoxy) is 2. The lowest BCUT2D eigenvalue weighted by molar-refractivity contribution is -0.165. The lowest BCUT2D eigenvalue weighted by Crippen LogP contribution is -2.50. The van der Waals surface area contributed by atoms with Crippen LogP contribution in [0.1, 0.15) is 50.9 Å². The highest BCUT2D eigenvalue weighted by Gasteiger charge is 2.75. The van der Waals surface area contributed by atoms with Gasteiger partial charge in [0.1, 0.15) is 0 Å². The van der Waals surface area contributed by atoms with Gasteiger partial charge in [-0.1, -0.05) is 19.9 Å². The van der Waals surface area contributed by atoms with Gasteiger partial charge in [-0.05, 0) is 44.9 Å². The van der Waals surface area contributed by atoms with Crippen molar-refractivity contribution in [1.29, 1.82) is 0 Å². The van der Waals surface area contributed by atoms with E-state index in [1.54, 1.807) is 31.2 Å². The van der Waals surface area contributed by atoms with E-state index in [9.17, 15) is 14.4 Å². The van der Waals surface area contributed by atoms with Gasteiger partial charge in [0, 0.05) is 11.1 Å². The largest absolute Gasteiger partial charge is 0.462 e. The molecule has 1 aliphatic heterocycles. The summed E-state index contributed by atoms with van der Waals surface area (Å²) in [5.41, 5.74) is -1.62. The Hall–Kier alpha value is -2.37. The van der Waals surface area contributed by atoms with Crippen LogP contribution in [-0.4, -0.2) is 30.1 Å². The second-order valence-electron chi connectivity index (χ2n) is 7.43. The summed E-state index contributed by atoms with van der Waals surface area (Å²) >= 11 is 0. The molecule has 0 unspecified atom stereocenters. The number of nitrogens with one attached hydrogen (secondary N) is 1. The first-order valence-electron chi connectivity index (χ1n) is 8.50. The molecule has 1 aromatic carbocycles. The van der Waals surface area contributed by atoms with Crippen LogP contribution < -0.4 is 5.32 Å². The number of carbonyl (C=O) groups excluding carboxylic acids is 3. The van der Waals surface area contributed by atoms with E-state index in [0.29, 0.717) is 24.1 Å². The van der Waals surface area contributed by atoms with E-state index in [2.05, 4.69) is 5.32 Å². The third-order valence-electron chi connectivity index (χ3n) is 6.08. The summed E-state index contributed by atoms with van der Waals surface area (Å²) in [7, 11) is 0. The van der Waals surface area contributed by atoms with Gasteiger partial charge in [0.25, 0.3) is 5.91 Å². The summed E-state index contributed by atoms with van der Waals surface area (Å²) in [5.74, 6) is -1.12. The van der Waals surface area contributed by atoms with Gasteiger partial charge < -0.3 is 14.8 Å². The molecule has 1 aliphatic carbocycles. The van der Waals surface area contributed by atoms with Crippen LogP contribution in [0.25, 0.3) is 0 Å². The van der Waals surface area contributed by atoms with Crippen molar-refractivity contribution in [2.24, 2.45) is 10.8 Å². The molecule has 1 saturated carbocycles. The molecular weight excluding hydrogens is 322 g/mol. The number of benzene rings is 1. The summed E-state index contributed by atoms with van der Waals surface area (Å²) in [4.78, 5) is 37.1. The van der Waals surface area contributed by atoms with Crippen LogP contribution >= 0.6 is 0 Å². The second-order valence-corrected chi connectivity index (χ2v) is 7.43. The molecular formula is C19H23NO5. The lowest BCUT2D eigenvalue weighted by atomic mass is 9.66. The van der Waals surface area contributed by atoms with Crippen molar-refractivity contribution in [3.8, 4) is 0 Å². The van der Waals surface area contributed by atoms with Crippen molar-refractivity contribution in [2.75, 3.05) is 11.9 Å². The summed E-state index contributed by atoms with van der Waals surface area (Å²) in [6, 6.07) is 6.54. The SMILES string of the molecule is CCOC(=O)c1cccc(NC(=O)[C@@]23CC[C@](C)(C(=O)O2)C3(C)C)c1. The molecule has 0 aromatic heterocycles. The fraction of sp³-hybridized carbons (Fsp3) is 0.526. The Kier molecular flexibility index (Phi) is 3.89. The quantitative estimate of drug-likeness (QED) is 0.849. The average molecular weight is 345 g/mol. The zero-order valence-corrected chi connectivity index (χ0v) is 15.0. The number of fused-ring (bicyclic) bond motifs is 2. The molecule has 2 atom stereocenters. The molecule has 1 amide bonds. The highest BCUT2D eigenvalue weighted by Crippen LogP contribution is 2.65. The topological polar surface area (TPSA) is 81.7 Å². The molecule has 1 aromatic rings. The Morgan fingerprint density at radius 3 is 2.52 bits per heavy atom. The van der Waals surface area contributed by atoms with Gasteiger partial charge in [0.15, 0.2) is 5.60 Å². The van der Waals surface area contributed by atoms with Crippen LogP contribution in [-0.2, 0) is 19.1 Å². The van der Waals surface area contributed by atoms with Crippen LogP contribution in [0.15, 0.2) is 24.3 Å². The second kappa shape index (κ2) is 5.58. The standard InChI is InChI=1S/C19H23NO5/c1-5-24-14(21)12-7-6-8-13(11-12)20-15(22)19-10-9-18(4,16(23)25-19)17(19,2)3/h6-8,11H,5,9-10H2,1-4H3,(H,20,22)/t18-,19-/m1/s1. The van der Waals surface area contributed by atoms with Gasteiger partial charge in [-0.2, -0.15) is 0 Å². The molecule has 3 rings (SSSR count). The zero-order valence-electron chi connectivity index (χ0n) is 15.0. The molecule has 0 radical (unpaired) electrons. The van der Waals surface area contributed by atoms with Crippen LogP contribution in [0.4, 0.5) is 5.69 Å². The molecule has 2 aliphatic rings. The number of anilines is 1. The van der Waals surface area contributed by atoms with E-state index in [-0.39, 0.29) is 18.5 Å². The molecule has 2 fully saturated rings. The Balaban J connectivity index is 1.85. The van der Waals surface area contributed by atoms with Crippen LogP contribution in [0.5, 0.6) is 0 Å². The number of rotatable bonds is 4. The van der Waals surface area contributed by atoms with Crippen LogP contribution in [0.3, 0.4) is 0 Å². The summed E-state index contributed by atoms with van der Waals surface area (Å²) in [6.07, 6.45) is 1.11. The molecule has 0 spiro atoms. The molecule has 6 nitrogen and oxygen atoms in total. The Morgan fingerprint density at radius 1 is 1.24 bits per heavy atom. The minimum absolute atomic E-state index is 0.279. The molecule has 1 heterocycles. The predicted molar refractivity (Wildman–Crippen MR) is 91.0 cm³/mol. The van der Waals surface area contributed by atoms with E-state index < -0.39 is 22.4 Å². The van der Waals surface area contributed by atoms with Crippen molar-refractivity contribution in [2.45, 2.75) is 46.1 Å². The van der Waals surface area contributed by atoms with Crippen molar-refractivity contribution in [3.63, 3.8) is 0 Å². The Morgan fingerprint density at radius 2 is 1.96 bits per heavy atom. The summed E-state index contributed by atoms with van der Waals surface area (Å²) < 4.78 is 10.5. The maximum atomic E-state index is 13.0. The maximum Gasteiger partial charge on any atom is 0.338 e. The fourth-order valence-electron chi connectivity index (χ4n) is 3.92. The predicted octanol–water partition coefficient (Wildman–Crippen LogP) is 2.92. The van der Waals surface area contributed by atoms with Gasteiger partial charge in [0.2, 0.25) is 0 Å². The van der Waals surface area contributed by atoms with E-state index in [4.69, 9.17) is 9.47 Å². The van der Waals surface area contributed by atoms with Crippen molar-refractivity contribution in [1.82, 2.24) is 0 Å². The summed E-state index contributed by atoms with van der Waals surface area (Å²) in [5, 5.41) is 2.81. The molecule has 1 N–H and O–H groups in total.